The van der Waals surface area contributed by atoms with Crippen LogP contribution in [0.1, 0.15) is 24.1 Å². The predicted molar refractivity (Wildman–Crippen MR) is 80.4 cm³/mol. The van der Waals surface area contributed by atoms with Crippen molar-refractivity contribution in [1.82, 2.24) is 15.3 Å². The SMILES string of the molecule is CCNC(CSc1ncc(C)cn1)c1ccccc1. The van der Waals surface area contributed by atoms with Gasteiger partial charge in [-0.3, -0.25) is 0 Å². The smallest absolute Gasteiger partial charge is 0.187 e. The Bertz CT molecular complexity index is 485. The Labute approximate surface area is 118 Å². The second-order valence-corrected chi connectivity index (χ2v) is 5.36. The third-order valence-electron chi connectivity index (χ3n) is 2.79. The van der Waals surface area contributed by atoms with Crippen LogP contribution >= 0.6 is 11.8 Å². The molecule has 0 bridgehead atoms. The van der Waals surface area contributed by atoms with Gasteiger partial charge in [0.25, 0.3) is 0 Å². The van der Waals surface area contributed by atoms with Crippen molar-refractivity contribution in [1.29, 1.82) is 0 Å². The van der Waals surface area contributed by atoms with Crippen molar-refractivity contribution in [3.8, 4) is 0 Å². The maximum Gasteiger partial charge on any atom is 0.187 e. The molecule has 0 saturated carbocycles. The van der Waals surface area contributed by atoms with Crippen molar-refractivity contribution in [3.63, 3.8) is 0 Å². The van der Waals surface area contributed by atoms with Crippen LogP contribution in [0.15, 0.2) is 47.9 Å². The number of hydrogen-bond acceptors (Lipinski definition) is 4. The molecular formula is C15H19N3S. The molecule has 0 aliphatic rings. The molecule has 3 nitrogen and oxygen atoms in total. The monoisotopic (exact) mass is 273 g/mol. The van der Waals surface area contributed by atoms with E-state index < -0.39 is 0 Å². The van der Waals surface area contributed by atoms with Crippen molar-refractivity contribution >= 4 is 11.8 Å². The van der Waals surface area contributed by atoms with E-state index in [1.54, 1.807) is 11.8 Å². The number of benzene rings is 1. The molecule has 1 aromatic carbocycles. The van der Waals surface area contributed by atoms with Gasteiger partial charge in [0.05, 0.1) is 0 Å². The Kier molecular flexibility index (Phi) is 5.36. The molecular weight excluding hydrogens is 254 g/mol. The molecule has 2 aromatic rings. The Morgan fingerprint density at radius 1 is 1.16 bits per heavy atom. The van der Waals surface area contributed by atoms with Gasteiger partial charge in [0.1, 0.15) is 0 Å². The average Bonchev–Trinajstić information content (AvgIpc) is 2.46. The zero-order valence-electron chi connectivity index (χ0n) is 11.3. The quantitative estimate of drug-likeness (QED) is 0.648. The maximum atomic E-state index is 4.33. The lowest BCUT2D eigenvalue weighted by Crippen LogP contribution is -2.22. The van der Waals surface area contributed by atoms with Gasteiger partial charge >= 0.3 is 0 Å². The van der Waals surface area contributed by atoms with Crippen LogP contribution in [0.5, 0.6) is 0 Å². The lowest BCUT2D eigenvalue weighted by Gasteiger charge is -2.17. The first-order valence-electron chi connectivity index (χ1n) is 6.49. The van der Waals surface area contributed by atoms with Crippen LogP contribution in [0.2, 0.25) is 0 Å². The predicted octanol–water partition coefficient (Wildman–Crippen LogP) is 3.23. The topological polar surface area (TPSA) is 37.8 Å². The molecule has 1 unspecified atom stereocenters. The summed E-state index contributed by atoms with van der Waals surface area (Å²) in [5.74, 6) is 0.931. The molecule has 0 aliphatic heterocycles. The van der Waals surface area contributed by atoms with Gasteiger partial charge in [-0.2, -0.15) is 0 Å². The second kappa shape index (κ2) is 7.26. The molecule has 0 amide bonds. The number of thioether (sulfide) groups is 1. The van der Waals surface area contributed by atoms with Crippen LogP contribution < -0.4 is 5.32 Å². The molecule has 4 heteroatoms. The van der Waals surface area contributed by atoms with Crippen LogP contribution in [-0.2, 0) is 0 Å². The molecule has 2 rings (SSSR count). The first-order chi connectivity index (χ1) is 9.29. The second-order valence-electron chi connectivity index (χ2n) is 4.37. The van der Waals surface area contributed by atoms with Gasteiger partial charge in [-0.25, -0.2) is 9.97 Å². The minimum Gasteiger partial charge on any atom is -0.309 e. The van der Waals surface area contributed by atoms with Gasteiger partial charge in [0.15, 0.2) is 5.16 Å². The molecule has 19 heavy (non-hydrogen) atoms. The van der Waals surface area contributed by atoms with E-state index in [9.17, 15) is 0 Å². The van der Waals surface area contributed by atoms with Crippen molar-refractivity contribution in [2.75, 3.05) is 12.3 Å². The van der Waals surface area contributed by atoms with Crippen LogP contribution in [0.3, 0.4) is 0 Å². The molecule has 1 heterocycles. The summed E-state index contributed by atoms with van der Waals surface area (Å²) in [6, 6.07) is 10.8. The number of nitrogens with one attached hydrogen (secondary N) is 1. The van der Waals surface area contributed by atoms with Gasteiger partial charge in [0.2, 0.25) is 0 Å². The molecule has 100 valence electrons. The fourth-order valence-electron chi connectivity index (χ4n) is 1.82. The lowest BCUT2D eigenvalue weighted by atomic mass is 10.1. The Hall–Kier alpha value is -1.39. The third-order valence-corrected chi connectivity index (χ3v) is 3.76. The van der Waals surface area contributed by atoms with E-state index >= 15 is 0 Å². The van der Waals surface area contributed by atoms with E-state index in [-0.39, 0.29) is 0 Å². The van der Waals surface area contributed by atoms with Crippen molar-refractivity contribution in [2.45, 2.75) is 25.0 Å². The first-order valence-corrected chi connectivity index (χ1v) is 7.48. The standard InChI is InChI=1S/C15H19N3S/c1-3-16-14(13-7-5-4-6-8-13)11-19-15-17-9-12(2)10-18-15/h4-10,14,16H,3,11H2,1-2H3. The summed E-state index contributed by atoms with van der Waals surface area (Å²) < 4.78 is 0. The van der Waals surface area contributed by atoms with Crippen LogP contribution in [0.4, 0.5) is 0 Å². The summed E-state index contributed by atoms with van der Waals surface area (Å²) in [4.78, 5) is 8.66. The molecule has 1 aromatic heterocycles. The molecule has 0 aliphatic carbocycles. The van der Waals surface area contributed by atoms with Gasteiger partial charge in [-0.05, 0) is 24.6 Å². The molecule has 1 N–H and O–H groups in total. The van der Waals surface area contributed by atoms with E-state index in [0.717, 1.165) is 23.0 Å². The van der Waals surface area contributed by atoms with Gasteiger partial charge in [-0.15, -0.1) is 0 Å². The molecule has 0 fully saturated rings. The number of aryl methyl sites for hydroxylation is 1. The lowest BCUT2D eigenvalue weighted by molar-refractivity contribution is 0.605. The van der Waals surface area contributed by atoms with E-state index in [1.165, 1.54) is 5.56 Å². The third kappa shape index (κ3) is 4.33. The van der Waals surface area contributed by atoms with E-state index in [0.29, 0.717) is 6.04 Å². The summed E-state index contributed by atoms with van der Waals surface area (Å²) in [7, 11) is 0. The number of rotatable bonds is 6. The van der Waals surface area contributed by atoms with Gasteiger partial charge in [0, 0.05) is 24.2 Å². The van der Waals surface area contributed by atoms with Gasteiger partial charge in [-0.1, -0.05) is 49.0 Å². The minimum atomic E-state index is 0.334. The first kappa shape index (κ1) is 14.0. The molecule has 1 atom stereocenters. The van der Waals surface area contributed by atoms with E-state index in [2.05, 4.69) is 46.5 Å². The highest BCUT2D eigenvalue weighted by Crippen LogP contribution is 2.22. The summed E-state index contributed by atoms with van der Waals surface area (Å²) in [6.45, 7) is 5.08. The Morgan fingerprint density at radius 3 is 2.47 bits per heavy atom. The number of nitrogens with zero attached hydrogens (tertiary/aromatic N) is 2. The molecule has 0 spiro atoms. The van der Waals surface area contributed by atoms with Crippen molar-refractivity contribution < 1.29 is 0 Å². The highest BCUT2D eigenvalue weighted by molar-refractivity contribution is 7.99. The average molecular weight is 273 g/mol. The minimum absolute atomic E-state index is 0.334. The zero-order chi connectivity index (χ0) is 13.5. The zero-order valence-corrected chi connectivity index (χ0v) is 12.2. The van der Waals surface area contributed by atoms with Crippen LogP contribution in [-0.4, -0.2) is 22.3 Å². The Morgan fingerprint density at radius 2 is 1.84 bits per heavy atom. The largest absolute Gasteiger partial charge is 0.309 e. The van der Waals surface area contributed by atoms with Crippen molar-refractivity contribution in [2.24, 2.45) is 0 Å². The van der Waals surface area contributed by atoms with Crippen molar-refractivity contribution in [3.05, 3.63) is 53.9 Å². The summed E-state index contributed by atoms with van der Waals surface area (Å²) in [6.07, 6.45) is 3.72. The van der Waals surface area contributed by atoms with Gasteiger partial charge < -0.3 is 5.32 Å². The normalized spacial score (nSPS) is 12.3. The Balaban J connectivity index is 1.99. The molecule has 0 saturated heterocycles. The maximum absolute atomic E-state index is 4.33. The summed E-state index contributed by atoms with van der Waals surface area (Å²) >= 11 is 1.69. The molecule has 0 radical (unpaired) electrons. The van der Waals surface area contributed by atoms with Crippen LogP contribution in [0, 0.1) is 6.92 Å². The van der Waals surface area contributed by atoms with E-state index in [1.807, 2.05) is 25.4 Å². The number of hydrogen-bond donors (Lipinski definition) is 1. The van der Waals surface area contributed by atoms with E-state index in [4.69, 9.17) is 0 Å². The fourth-order valence-corrected chi connectivity index (χ4v) is 2.70. The highest BCUT2D eigenvalue weighted by Gasteiger charge is 2.11. The number of aromatic nitrogens is 2. The summed E-state index contributed by atoms with van der Waals surface area (Å²) in [5.41, 5.74) is 2.40. The fraction of sp³-hybridized carbons (Fsp3) is 0.333. The van der Waals surface area contributed by atoms with Crippen LogP contribution in [0.25, 0.3) is 0 Å². The summed E-state index contributed by atoms with van der Waals surface area (Å²) in [5, 5.41) is 4.34. The highest BCUT2D eigenvalue weighted by atomic mass is 32.2.